The summed E-state index contributed by atoms with van der Waals surface area (Å²) in [5.41, 5.74) is 0.595. The molecule has 0 radical (unpaired) electrons. The zero-order valence-corrected chi connectivity index (χ0v) is 14.4. The molecule has 2 unspecified atom stereocenters. The molecule has 1 fully saturated rings. The van der Waals surface area contributed by atoms with E-state index in [1.54, 1.807) is 4.90 Å². The van der Waals surface area contributed by atoms with E-state index in [0.29, 0.717) is 18.7 Å². The second-order valence-electron chi connectivity index (χ2n) is 6.69. The Kier molecular flexibility index (Phi) is 6.99. The van der Waals surface area contributed by atoms with Crippen LogP contribution >= 0.6 is 0 Å². The number of amides is 2. The van der Waals surface area contributed by atoms with Gasteiger partial charge in [-0.15, -0.1) is 0 Å². The van der Waals surface area contributed by atoms with Crippen molar-refractivity contribution >= 4 is 6.03 Å². The number of carbonyl (C=O) groups is 1. The van der Waals surface area contributed by atoms with E-state index in [9.17, 15) is 14.3 Å². The number of benzene rings is 1. The molecule has 1 aromatic rings. The van der Waals surface area contributed by atoms with Gasteiger partial charge in [0.2, 0.25) is 0 Å². The molecule has 2 N–H and O–H groups in total. The summed E-state index contributed by atoms with van der Waals surface area (Å²) in [7, 11) is 0. The first-order valence-electron chi connectivity index (χ1n) is 8.53. The third kappa shape index (κ3) is 5.76. The monoisotopic (exact) mass is 338 g/mol. The molecule has 1 heterocycles. The molecule has 0 bridgehead atoms. The van der Waals surface area contributed by atoms with E-state index in [1.807, 2.05) is 13.8 Å². The van der Waals surface area contributed by atoms with Gasteiger partial charge in [0.05, 0.1) is 18.8 Å². The molecule has 0 aromatic heterocycles. The van der Waals surface area contributed by atoms with Crippen molar-refractivity contribution in [1.82, 2.24) is 10.2 Å². The van der Waals surface area contributed by atoms with Crippen molar-refractivity contribution in [3.05, 3.63) is 35.6 Å². The third-order valence-corrected chi connectivity index (χ3v) is 4.03. The minimum Gasteiger partial charge on any atom is -0.387 e. The molecule has 2 rings (SSSR count). The highest BCUT2D eigenvalue weighted by Crippen LogP contribution is 2.16. The average Bonchev–Trinajstić information content (AvgIpc) is 3.05. The minimum absolute atomic E-state index is 0.0804. The Bertz CT molecular complexity index is 516. The summed E-state index contributed by atoms with van der Waals surface area (Å²) in [5.74, 6) is -0.0711. The van der Waals surface area contributed by atoms with Crippen molar-refractivity contribution in [3.63, 3.8) is 0 Å². The second kappa shape index (κ2) is 8.99. The van der Waals surface area contributed by atoms with Crippen LogP contribution in [0.2, 0.25) is 0 Å². The molecular weight excluding hydrogens is 311 g/mol. The van der Waals surface area contributed by atoms with Gasteiger partial charge >= 0.3 is 6.03 Å². The first kappa shape index (κ1) is 18.7. The summed E-state index contributed by atoms with van der Waals surface area (Å²) in [5, 5.41) is 13.2. The van der Waals surface area contributed by atoms with Gasteiger partial charge < -0.3 is 20.1 Å². The number of aliphatic hydroxyl groups is 1. The largest absolute Gasteiger partial charge is 0.387 e. The Hall–Kier alpha value is -1.66. The molecule has 6 heteroatoms. The van der Waals surface area contributed by atoms with Gasteiger partial charge in [-0.1, -0.05) is 26.0 Å². The highest BCUT2D eigenvalue weighted by molar-refractivity contribution is 5.74. The molecule has 2 amide bonds. The number of halogens is 1. The summed E-state index contributed by atoms with van der Waals surface area (Å²) in [6, 6.07) is 5.49. The lowest BCUT2D eigenvalue weighted by Gasteiger charge is -2.28. The van der Waals surface area contributed by atoms with Crippen LogP contribution in [0.5, 0.6) is 0 Å². The number of hydrogen-bond acceptors (Lipinski definition) is 3. The van der Waals surface area contributed by atoms with Gasteiger partial charge in [0.25, 0.3) is 0 Å². The standard InChI is InChI=1S/C18H27FN2O3/c1-13(2)11-21(18(23)20-10-16-4-3-9-24-16)12-17(22)14-5-7-15(19)8-6-14/h5-8,13,16-17,22H,3-4,9-12H2,1-2H3,(H,20,23). The molecule has 5 nitrogen and oxygen atoms in total. The zero-order valence-electron chi connectivity index (χ0n) is 14.4. The van der Waals surface area contributed by atoms with Crippen molar-refractivity contribution in [2.45, 2.75) is 38.9 Å². The molecule has 1 saturated heterocycles. The van der Waals surface area contributed by atoms with Crippen LogP contribution in [0.25, 0.3) is 0 Å². The lowest BCUT2D eigenvalue weighted by molar-refractivity contribution is 0.0995. The van der Waals surface area contributed by atoms with Crippen LogP contribution in [-0.2, 0) is 4.74 Å². The molecular formula is C18H27FN2O3. The Morgan fingerprint density at radius 1 is 1.38 bits per heavy atom. The van der Waals surface area contributed by atoms with Crippen LogP contribution in [0.1, 0.15) is 38.4 Å². The maximum absolute atomic E-state index is 13.0. The third-order valence-electron chi connectivity index (χ3n) is 4.03. The fourth-order valence-corrected chi connectivity index (χ4v) is 2.80. The van der Waals surface area contributed by atoms with Crippen molar-refractivity contribution in [2.75, 3.05) is 26.2 Å². The topological polar surface area (TPSA) is 61.8 Å². The van der Waals surface area contributed by atoms with E-state index in [2.05, 4.69) is 5.32 Å². The number of hydrogen-bond donors (Lipinski definition) is 2. The van der Waals surface area contributed by atoms with E-state index in [-0.39, 0.29) is 30.4 Å². The fraction of sp³-hybridized carbons (Fsp3) is 0.611. The molecule has 0 saturated carbocycles. The Morgan fingerprint density at radius 3 is 2.67 bits per heavy atom. The van der Waals surface area contributed by atoms with Gasteiger partial charge in [-0.3, -0.25) is 0 Å². The number of nitrogens with one attached hydrogen (secondary N) is 1. The van der Waals surface area contributed by atoms with Gasteiger partial charge in [0.15, 0.2) is 0 Å². The average molecular weight is 338 g/mol. The first-order chi connectivity index (χ1) is 11.5. The van der Waals surface area contributed by atoms with Crippen LogP contribution in [-0.4, -0.2) is 48.4 Å². The number of rotatable bonds is 7. The van der Waals surface area contributed by atoms with Gasteiger partial charge in [0, 0.05) is 19.7 Å². The summed E-state index contributed by atoms with van der Waals surface area (Å²) in [6.45, 7) is 5.98. The molecule has 1 aromatic carbocycles. The SMILES string of the molecule is CC(C)CN(CC(O)c1ccc(F)cc1)C(=O)NCC1CCCO1. The fourth-order valence-electron chi connectivity index (χ4n) is 2.80. The maximum Gasteiger partial charge on any atom is 0.317 e. The molecule has 134 valence electrons. The van der Waals surface area contributed by atoms with Crippen molar-refractivity contribution in [2.24, 2.45) is 5.92 Å². The van der Waals surface area contributed by atoms with Crippen LogP contribution in [0.3, 0.4) is 0 Å². The van der Waals surface area contributed by atoms with Crippen LogP contribution < -0.4 is 5.32 Å². The summed E-state index contributed by atoms with van der Waals surface area (Å²) < 4.78 is 18.5. The van der Waals surface area contributed by atoms with Crippen molar-refractivity contribution in [3.8, 4) is 0 Å². The number of carbonyl (C=O) groups excluding carboxylic acids is 1. The van der Waals surface area contributed by atoms with Crippen LogP contribution in [0, 0.1) is 11.7 Å². The minimum atomic E-state index is -0.849. The molecule has 0 aliphatic carbocycles. The van der Waals surface area contributed by atoms with Gasteiger partial charge in [-0.25, -0.2) is 9.18 Å². The smallest absolute Gasteiger partial charge is 0.317 e. The zero-order chi connectivity index (χ0) is 17.5. The number of ether oxygens (including phenoxy) is 1. The summed E-state index contributed by atoms with van der Waals surface area (Å²) >= 11 is 0. The maximum atomic E-state index is 13.0. The van der Waals surface area contributed by atoms with Crippen LogP contribution in [0.15, 0.2) is 24.3 Å². The van der Waals surface area contributed by atoms with E-state index < -0.39 is 6.10 Å². The Labute approximate surface area is 142 Å². The van der Waals surface area contributed by atoms with E-state index in [1.165, 1.54) is 24.3 Å². The molecule has 0 spiro atoms. The molecule has 1 aliphatic rings. The quantitative estimate of drug-likeness (QED) is 0.803. The van der Waals surface area contributed by atoms with E-state index in [0.717, 1.165) is 19.4 Å². The number of nitrogens with zero attached hydrogens (tertiary/aromatic N) is 1. The Balaban J connectivity index is 1.92. The predicted molar refractivity (Wildman–Crippen MR) is 90.1 cm³/mol. The predicted octanol–water partition coefficient (Wildman–Crippen LogP) is 2.71. The van der Waals surface area contributed by atoms with E-state index in [4.69, 9.17) is 4.74 Å². The van der Waals surface area contributed by atoms with Crippen molar-refractivity contribution in [1.29, 1.82) is 0 Å². The van der Waals surface area contributed by atoms with Gasteiger partial charge in [-0.2, -0.15) is 0 Å². The van der Waals surface area contributed by atoms with Gasteiger partial charge in [-0.05, 0) is 36.5 Å². The van der Waals surface area contributed by atoms with Crippen molar-refractivity contribution < 1.29 is 19.0 Å². The highest BCUT2D eigenvalue weighted by atomic mass is 19.1. The molecule has 24 heavy (non-hydrogen) atoms. The number of urea groups is 1. The highest BCUT2D eigenvalue weighted by Gasteiger charge is 2.22. The lowest BCUT2D eigenvalue weighted by Crippen LogP contribution is -2.45. The second-order valence-corrected chi connectivity index (χ2v) is 6.69. The van der Waals surface area contributed by atoms with Gasteiger partial charge in [0.1, 0.15) is 5.82 Å². The van der Waals surface area contributed by atoms with E-state index >= 15 is 0 Å². The van der Waals surface area contributed by atoms with Crippen LogP contribution in [0.4, 0.5) is 9.18 Å². The summed E-state index contributed by atoms with van der Waals surface area (Å²) in [6.07, 6.45) is 1.22. The summed E-state index contributed by atoms with van der Waals surface area (Å²) in [4.78, 5) is 14.0. The molecule has 1 aliphatic heterocycles. The normalized spacial score (nSPS) is 18.6. The first-order valence-corrected chi connectivity index (χ1v) is 8.53. The molecule has 2 atom stereocenters. The lowest BCUT2D eigenvalue weighted by atomic mass is 10.1. The number of aliphatic hydroxyl groups excluding tert-OH is 1. The Morgan fingerprint density at radius 2 is 2.08 bits per heavy atom.